The molecular formula is C14H15N3OS2. The third-order valence-corrected chi connectivity index (χ3v) is 4.64. The summed E-state index contributed by atoms with van der Waals surface area (Å²) in [7, 11) is 0. The highest BCUT2D eigenvalue weighted by molar-refractivity contribution is 7.14. The Bertz CT molecular complexity index is 663. The number of carbonyl (C=O) groups is 1. The summed E-state index contributed by atoms with van der Waals surface area (Å²) in [5, 5.41) is 5.83. The summed E-state index contributed by atoms with van der Waals surface area (Å²) in [4.78, 5) is 18.0. The smallest absolute Gasteiger partial charge is 0.261 e. The van der Waals surface area contributed by atoms with E-state index in [0.29, 0.717) is 11.4 Å². The third kappa shape index (κ3) is 3.67. The fourth-order valence-electron chi connectivity index (χ4n) is 1.57. The summed E-state index contributed by atoms with van der Waals surface area (Å²) in [6.45, 7) is 4.19. The SMILES string of the molecule is Cc1csc(C(C)NC(=O)c2ccc(C#CCN)s2)n1. The van der Waals surface area contributed by atoms with Crippen molar-refractivity contribution < 1.29 is 4.79 Å². The van der Waals surface area contributed by atoms with Gasteiger partial charge in [0.05, 0.1) is 22.3 Å². The predicted molar refractivity (Wildman–Crippen MR) is 83.0 cm³/mol. The van der Waals surface area contributed by atoms with E-state index in [1.807, 2.05) is 25.3 Å². The van der Waals surface area contributed by atoms with E-state index in [0.717, 1.165) is 15.6 Å². The summed E-state index contributed by atoms with van der Waals surface area (Å²) in [5.41, 5.74) is 6.29. The van der Waals surface area contributed by atoms with Crippen molar-refractivity contribution in [3.63, 3.8) is 0 Å². The Balaban J connectivity index is 2.02. The predicted octanol–water partition coefficient (Wildman–Crippen LogP) is 2.31. The minimum absolute atomic E-state index is 0.0955. The van der Waals surface area contributed by atoms with Gasteiger partial charge in [-0.15, -0.1) is 22.7 Å². The Morgan fingerprint density at radius 3 is 3.00 bits per heavy atom. The van der Waals surface area contributed by atoms with E-state index in [1.165, 1.54) is 11.3 Å². The van der Waals surface area contributed by atoms with E-state index in [2.05, 4.69) is 22.1 Å². The molecule has 0 aliphatic rings. The average Bonchev–Trinajstić information content (AvgIpc) is 3.05. The van der Waals surface area contributed by atoms with Crippen molar-refractivity contribution in [3.05, 3.63) is 38.0 Å². The van der Waals surface area contributed by atoms with Crippen molar-refractivity contribution in [1.82, 2.24) is 10.3 Å². The van der Waals surface area contributed by atoms with Gasteiger partial charge in [-0.2, -0.15) is 0 Å². The van der Waals surface area contributed by atoms with Crippen LogP contribution in [0.15, 0.2) is 17.5 Å². The second kappa shape index (κ2) is 6.66. The van der Waals surface area contributed by atoms with Crippen LogP contribution < -0.4 is 11.1 Å². The zero-order chi connectivity index (χ0) is 14.5. The molecule has 0 aliphatic carbocycles. The van der Waals surface area contributed by atoms with E-state index < -0.39 is 0 Å². The van der Waals surface area contributed by atoms with Crippen LogP contribution in [0.3, 0.4) is 0 Å². The molecular weight excluding hydrogens is 290 g/mol. The van der Waals surface area contributed by atoms with Crippen LogP contribution in [0.25, 0.3) is 0 Å². The van der Waals surface area contributed by atoms with Gasteiger partial charge in [0, 0.05) is 11.1 Å². The number of thiazole rings is 1. The first kappa shape index (κ1) is 14.7. The lowest BCUT2D eigenvalue weighted by molar-refractivity contribution is 0.0944. The summed E-state index contributed by atoms with van der Waals surface area (Å²) >= 11 is 2.92. The quantitative estimate of drug-likeness (QED) is 0.855. The molecule has 1 amide bonds. The van der Waals surface area contributed by atoms with Crippen molar-refractivity contribution in [2.45, 2.75) is 19.9 Å². The number of hydrogen-bond donors (Lipinski definition) is 2. The number of aromatic nitrogens is 1. The molecule has 6 heteroatoms. The topological polar surface area (TPSA) is 68.0 Å². The average molecular weight is 305 g/mol. The first-order chi connectivity index (χ1) is 9.60. The lowest BCUT2D eigenvalue weighted by Crippen LogP contribution is -2.25. The number of amides is 1. The van der Waals surface area contributed by atoms with Crippen molar-refractivity contribution in [3.8, 4) is 11.8 Å². The van der Waals surface area contributed by atoms with E-state index in [4.69, 9.17) is 5.73 Å². The number of aryl methyl sites for hydroxylation is 1. The fraction of sp³-hybridized carbons (Fsp3) is 0.286. The molecule has 104 valence electrons. The van der Waals surface area contributed by atoms with Crippen LogP contribution in [-0.2, 0) is 0 Å². The maximum atomic E-state index is 12.1. The minimum Gasteiger partial charge on any atom is -0.342 e. The zero-order valence-corrected chi connectivity index (χ0v) is 12.9. The highest BCUT2D eigenvalue weighted by atomic mass is 32.1. The lowest BCUT2D eigenvalue weighted by Gasteiger charge is -2.09. The van der Waals surface area contributed by atoms with Crippen LogP contribution in [0.2, 0.25) is 0 Å². The van der Waals surface area contributed by atoms with E-state index in [9.17, 15) is 4.79 Å². The number of hydrogen-bond acceptors (Lipinski definition) is 5. The van der Waals surface area contributed by atoms with Gasteiger partial charge in [0.15, 0.2) is 0 Å². The fourth-order valence-corrected chi connectivity index (χ4v) is 3.15. The van der Waals surface area contributed by atoms with Crippen LogP contribution in [0.5, 0.6) is 0 Å². The molecule has 0 spiro atoms. The Morgan fingerprint density at radius 2 is 2.35 bits per heavy atom. The molecule has 2 aromatic rings. The number of thiophene rings is 1. The number of nitrogens with one attached hydrogen (secondary N) is 1. The molecule has 0 saturated carbocycles. The van der Waals surface area contributed by atoms with Gasteiger partial charge < -0.3 is 11.1 Å². The van der Waals surface area contributed by atoms with Crippen molar-refractivity contribution >= 4 is 28.6 Å². The summed E-state index contributed by atoms with van der Waals surface area (Å²) in [6, 6.07) is 3.52. The molecule has 2 heterocycles. The van der Waals surface area contributed by atoms with Gasteiger partial charge in [0.25, 0.3) is 5.91 Å². The van der Waals surface area contributed by atoms with Crippen molar-refractivity contribution in [2.75, 3.05) is 6.54 Å². The summed E-state index contributed by atoms with van der Waals surface area (Å²) < 4.78 is 0. The van der Waals surface area contributed by atoms with Gasteiger partial charge in [0.2, 0.25) is 0 Å². The third-order valence-electron chi connectivity index (χ3n) is 2.50. The van der Waals surface area contributed by atoms with E-state index >= 15 is 0 Å². The molecule has 0 fully saturated rings. The van der Waals surface area contributed by atoms with Crippen LogP contribution >= 0.6 is 22.7 Å². The van der Waals surface area contributed by atoms with Crippen molar-refractivity contribution in [2.24, 2.45) is 5.73 Å². The number of nitrogens with zero attached hydrogens (tertiary/aromatic N) is 1. The van der Waals surface area contributed by atoms with E-state index in [1.54, 1.807) is 17.4 Å². The molecule has 0 bridgehead atoms. The monoisotopic (exact) mass is 305 g/mol. The highest BCUT2D eigenvalue weighted by Crippen LogP contribution is 2.20. The molecule has 2 rings (SSSR count). The first-order valence-electron chi connectivity index (χ1n) is 6.12. The second-order valence-corrected chi connectivity index (χ2v) is 6.17. The van der Waals surface area contributed by atoms with Crippen LogP contribution in [0, 0.1) is 18.8 Å². The molecule has 0 aromatic carbocycles. The second-order valence-electron chi connectivity index (χ2n) is 4.19. The molecule has 1 unspecified atom stereocenters. The Kier molecular flexibility index (Phi) is 4.90. The number of rotatable bonds is 3. The van der Waals surface area contributed by atoms with Gasteiger partial charge in [0.1, 0.15) is 5.01 Å². The van der Waals surface area contributed by atoms with Crippen LogP contribution in [0.1, 0.15) is 38.2 Å². The molecule has 3 N–H and O–H groups in total. The highest BCUT2D eigenvalue weighted by Gasteiger charge is 2.15. The molecule has 2 aromatic heterocycles. The number of nitrogens with two attached hydrogens (primary N) is 1. The van der Waals surface area contributed by atoms with Crippen LogP contribution in [0.4, 0.5) is 0 Å². The first-order valence-corrected chi connectivity index (χ1v) is 7.81. The standard InChI is InChI=1S/C14H15N3OS2/c1-9-8-19-14(16-9)10(2)17-13(18)12-6-5-11(20-12)4-3-7-15/h5-6,8,10H,7,15H2,1-2H3,(H,17,18). The maximum absolute atomic E-state index is 12.1. The Labute approximate surface area is 126 Å². The summed E-state index contributed by atoms with van der Waals surface area (Å²) in [6.07, 6.45) is 0. The van der Waals surface area contributed by atoms with Gasteiger partial charge in [-0.05, 0) is 26.0 Å². The van der Waals surface area contributed by atoms with Gasteiger partial charge in [-0.1, -0.05) is 11.8 Å². The van der Waals surface area contributed by atoms with E-state index in [-0.39, 0.29) is 11.9 Å². The lowest BCUT2D eigenvalue weighted by atomic mass is 10.3. The maximum Gasteiger partial charge on any atom is 0.261 e. The zero-order valence-electron chi connectivity index (χ0n) is 11.3. The molecule has 1 atom stereocenters. The molecule has 0 radical (unpaired) electrons. The molecule has 0 saturated heterocycles. The Morgan fingerprint density at radius 1 is 1.55 bits per heavy atom. The van der Waals surface area contributed by atoms with Crippen LogP contribution in [-0.4, -0.2) is 17.4 Å². The Hall–Kier alpha value is -1.68. The normalized spacial score (nSPS) is 11.6. The largest absolute Gasteiger partial charge is 0.342 e. The molecule has 4 nitrogen and oxygen atoms in total. The molecule has 0 aliphatic heterocycles. The summed E-state index contributed by atoms with van der Waals surface area (Å²) in [5.74, 6) is 5.59. The number of carbonyl (C=O) groups excluding carboxylic acids is 1. The van der Waals surface area contributed by atoms with Crippen molar-refractivity contribution in [1.29, 1.82) is 0 Å². The minimum atomic E-state index is -0.101. The molecule has 20 heavy (non-hydrogen) atoms. The van der Waals surface area contributed by atoms with Gasteiger partial charge in [-0.3, -0.25) is 4.79 Å². The van der Waals surface area contributed by atoms with Gasteiger partial charge in [-0.25, -0.2) is 4.98 Å². The van der Waals surface area contributed by atoms with Gasteiger partial charge >= 0.3 is 0 Å².